The Bertz CT molecular complexity index is 1150. The second-order valence-corrected chi connectivity index (χ2v) is 6.01. The van der Waals surface area contributed by atoms with Gasteiger partial charge in [0.05, 0.1) is 29.8 Å². The Labute approximate surface area is 158 Å². The molecule has 0 spiro atoms. The molecule has 0 radical (unpaired) electrons. The standard InChI is InChI=1S/C17H17FN8O/c1-9-21-13-8-25(3)16-12(5-4-10(18)15(16)26(13)24-9)22-11-6-7-20-23-14(11)17(27)19-2/h4-7H,8H2,1-3H3,(H,19,27)(H,20,22)/i2D3. The van der Waals surface area contributed by atoms with Crippen molar-refractivity contribution < 1.29 is 13.3 Å². The Morgan fingerprint density at radius 2 is 2.15 bits per heavy atom. The quantitative estimate of drug-likeness (QED) is 0.720. The zero-order valence-corrected chi connectivity index (χ0v) is 14.5. The molecular weight excluding hydrogens is 351 g/mol. The molecule has 4 rings (SSSR count). The maximum Gasteiger partial charge on any atom is 0.273 e. The summed E-state index contributed by atoms with van der Waals surface area (Å²) >= 11 is 0. The lowest BCUT2D eigenvalue weighted by atomic mass is 10.1. The number of benzene rings is 1. The van der Waals surface area contributed by atoms with Gasteiger partial charge in [0.25, 0.3) is 5.91 Å². The summed E-state index contributed by atoms with van der Waals surface area (Å²) in [6, 6.07) is 4.27. The predicted octanol–water partition coefficient (Wildman–Crippen LogP) is 1.56. The number of hydrogen-bond acceptors (Lipinski definition) is 7. The van der Waals surface area contributed by atoms with Gasteiger partial charge in [0.2, 0.25) is 0 Å². The van der Waals surface area contributed by atoms with Crippen molar-refractivity contribution >= 4 is 23.0 Å². The molecule has 1 amide bonds. The Balaban J connectivity index is 1.78. The van der Waals surface area contributed by atoms with Crippen molar-refractivity contribution in [2.75, 3.05) is 24.2 Å². The van der Waals surface area contributed by atoms with Crippen LogP contribution in [0.4, 0.5) is 21.5 Å². The number of rotatable bonds is 3. The van der Waals surface area contributed by atoms with Crippen LogP contribution in [0.15, 0.2) is 24.4 Å². The molecule has 3 heterocycles. The summed E-state index contributed by atoms with van der Waals surface area (Å²) in [7, 11) is 1.78. The van der Waals surface area contributed by atoms with Crippen LogP contribution in [-0.4, -0.2) is 44.9 Å². The molecule has 27 heavy (non-hydrogen) atoms. The van der Waals surface area contributed by atoms with Gasteiger partial charge in [0.15, 0.2) is 17.3 Å². The number of hydrogen-bond donors (Lipinski definition) is 2. The normalized spacial score (nSPS) is 14.5. The van der Waals surface area contributed by atoms with E-state index in [1.165, 1.54) is 29.1 Å². The van der Waals surface area contributed by atoms with E-state index in [1.54, 1.807) is 18.9 Å². The monoisotopic (exact) mass is 371 g/mol. The fourth-order valence-electron chi connectivity index (χ4n) is 3.08. The van der Waals surface area contributed by atoms with Crippen molar-refractivity contribution in [3.63, 3.8) is 0 Å². The van der Waals surface area contributed by atoms with Crippen LogP contribution in [0.1, 0.15) is 26.2 Å². The molecule has 0 unspecified atom stereocenters. The highest BCUT2D eigenvalue weighted by Gasteiger charge is 2.28. The Kier molecular flexibility index (Phi) is 3.18. The lowest BCUT2D eigenvalue weighted by Gasteiger charge is -2.30. The molecule has 1 aliphatic rings. The molecular formula is C17H17FN8O. The van der Waals surface area contributed by atoms with Gasteiger partial charge in [-0.15, -0.1) is 5.10 Å². The zero-order valence-electron chi connectivity index (χ0n) is 17.5. The topological polar surface area (TPSA) is 101 Å². The third-order valence-corrected chi connectivity index (χ3v) is 4.17. The van der Waals surface area contributed by atoms with Crippen LogP contribution < -0.4 is 15.5 Å². The number of carbonyl (C=O) groups excluding carboxylic acids is 1. The van der Waals surface area contributed by atoms with Crippen LogP contribution >= 0.6 is 0 Å². The van der Waals surface area contributed by atoms with Crippen LogP contribution in [0.25, 0.3) is 5.69 Å². The summed E-state index contributed by atoms with van der Waals surface area (Å²) in [5.74, 6) is -0.279. The molecule has 3 aromatic rings. The van der Waals surface area contributed by atoms with E-state index in [9.17, 15) is 9.18 Å². The van der Waals surface area contributed by atoms with Crippen LogP contribution in [0, 0.1) is 12.7 Å². The lowest BCUT2D eigenvalue weighted by Crippen LogP contribution is -2.28. The van der Waals surface area contributed by atoms with Crippen molar-refractivity contribution in [3.05, 3.63) is 47.6 Å². The average Bonchev–Trinajstić information content (AvgIpc) is 3.02. The van der Waals surface area contributed by atoms with Crippen LogP contribution in [0.2, 0.25) is 0 Å². The highest BCUT2D eigenvalue weighted by molar-refractivity contribution is 5.98. The third-order valence-electron chi connectivity index (χ3n) is 4.17. The number of anilines is 3. The van der Waals surface area contributed by atoms with Gasteiger partial charge < -0.3 is 15.5 Å². The van der Waals surface area contributed by atoms with Crippen LogP contribution in [-0.2, 0) is 6.54 Å². The van der Waals surface area contributed by atoms with Crippen molar-refractivity contribution in [1.29, 1.82) is 0 Å². The third kappa shape index (κ3) is 2.75. The molecule has 1 aromatic carbocycles. The zero-order chi connectivity index (χ0) is 21.6. The van der Waals surface area contributed by atoms with E-state index in [2.05, 4.69) is 25.6 Å². The molecule has 0 fully saturated rings. The number of amides is 1. The molecule has 2 N–H and O–H groups in total. The molecule has 2 aromatic heterocycles. The first-order chi connectivity index (χ1) is 14.1. The van der Waals surface area contributed by atoms with Gasteiger partial charge in [0, 0.05) is 18.1 Å². The summed E-state index contributed by atoms with van der Waals surface area (Å²) in [5.41, 5.74) is 1.21. The maximum atomic E-state index is 14.8. The first-order valence-electron chi connectivity index (χ1n) is 9.52. The van der Waals surface area contributed by atoms with E-state index in [0.29, 0.717) is 29.6 Å². The number of halogens is 1. The number of aromatic nitrogens is 5. The van der Waals surface area contributed by atoms with Crippen molar-refractivity contribution in [1.82, 2.24) is 30.3 Å². The fraction of sp³-hybridized carbons (Fsp3) is 0.235. The molecule has 0 saturated carbocycles. The van der Waals surface area contributed by atoms with E-state index >= 15 is 0 Å². The van der Waals surface area contributed by atoms with Crippen molar-refractivity contribution in [2.24, 2.45) is 0 Å². The van der Waals surface area contributed by atoms with Crippen molar-refractivity contribution in [3.8, 4) is 5.69 Å². The summed E-state index contributed by atoms with van der Waals surface area (Å²) in [6.45, 7) is -0.557. The fourth-order valence-corrected chi connectivity index (χ4v) is 3.08. The van der Waals surface area contributed by atoms with E-state index < -0.39 is 18.7 Å². The number of aryl methyl sites for hydroxylation is 1. The first-order valence-corrected chi connectivity index (χ1v) is 8.02. The number of carbonyl (C=O) groups is 1. The smallest absolute Gasteiger partial charge is 0.273 e. The Morgan fingerprint density at radius 3 is 2.96 bits per heavy atom. The number of nitrogens with one attached hydrogen (secondary N) is 2. The van der Waals surface area contributed by atoms with E-state index in [0.717, 1.165) is 0 Å². The summed E-state index contributed by atoms with van der Waals surface area (Å²) < 4.78 is 37.9. The minimum absolute atomic E-state index is 0.206. The summed E-state index contributed by atoms with van der Waals surface area (Å²) in [6.07, 6.45) is 1.35. The van der Waals surface area contributed by atoms with E-state index in [4.69, 9.17) is 4.11 Å². The predicted molar refractivity (Wildman–Crippen MR) is 96.9 cm³/mol. The molecule has 0 aliphatic carbocycles. The van der Waals surface area contributed by atoms with Gasteiger partial charge in [-0.3, -0.25) is 4.79 Å². The minimum atomic E-state index is -2.68. The molecule has 138 valence electrons. The largest absolute Gasteiger partial charge is 0.364 e. The molecule has 0 bridgehead atoms. The molecule has 9 nitrogen and oxygen atoms in total. The second-order valence-electron chi connectivity index (χ2n) is 6.01. The lowest BCUT2D eigenvalue weighted by molar-refractivity contribution is 0.0958. The van der Waals surface area contributed by atoms with E-state index in [1.807, 2.05) is 5.32 Å². The van der Waals surface area contributed by atoms with Crippen LogP contribution in [0.5, 0.6) is 0 Å². The number of fused-ring (bicyclic) bond motifs is 3. The van der Waals surface area contributed by atoms with Crippen molar-refractivity contribution in [2.45, 2.75) is 13.5 Å². The maximum absolute atomic E-state index is 14.8. The minimum Gasteiger partial charge on any atom is -0.364 e. The SMILES string of the molecule is [2H]C([2H])([2H])NC(=O)c1nnccc1Nc1ccc(F)c2c1N(C)Cc1nc(C)nn1-2. The average molecular weight is 371 g/mol. The molecule has 10 heteroatoms. The summed E-state index contributed by atoms with van der Waals surface area (Å²) in [5, 5.41) is 16.6. The molecule has 1 aliphatic heterocycles. The Hall–Kier alpha value is -3.56. The van der Waals surface area contributed by atoms with Gasteiger partial charge in [-0.2, -0.15) is 10.2 Å². The first kappa shape index (κ1) is 13.6. The van der Waals surface area contributed by atoms with Gasteiger partial charge >= 0.3 is 0 Å². The number of nitrogens with zero attached hydrogens (tertiary/aromatic N) is 6. The molecule has 0 saturated heterocycles. The Morgan fingerprint density at radius 1 is 1.30 bits per heavy atom. The van der Waals surface area contributed by atoms with Gasteiger partial charge in [-0.1, -0.05) is 0 Å². The second kappa shape index (κ2) is 6.31. The van der Waals surface area contributed by atoms with Gasteiger partial charge in [0.1, 0.15) is 11.5 Å². The molecule has 0 atom stereocenters. The highest BCUT2D eigenvalue weighted by atomic mass is 19.1. The van der Waals surface area contributed by atoms with Gasteiger partial charge in [-0.25, -0.2) is 14.1 Å². The van der Waals surface area contributed by atoms with E-state index in [-0.39, 0.29) is 17.1 Å². The summed E-state index contributed by atoms with van der Waals surface area (Å²) in [4.78, 5) is 18.5. The van der Waals surface area contributed by atoms with Gasteiger partial charge in [-0.05, 0) is 25.1 Å². The van der Waals surface area contributed by atoms with Crippen LogP contribution in [0.3, 0.4) is 0 Å². The highest BCUT2D eigenvalue weighted by Crippen LogP contribution is 2.39.